The van der Waals surface area contributed by atoms with Gasteiger partial charge in [0.15, 0.2) is 0 Å². The Labute approximate surface area is 187 Å². The highest BCUT2D eigenvalue weighted by Crippen LogP contribution is 2.34. The molecular weight excluding hydrogens is 408 g/mol. The zero-order chi connectivity index (χ0) is 23.1. The summed E-state index contributed by atoms with van der Waals surface area (Å²) < 4.78 is 11.2. The lowest BCUT2D eigenvalue weighted by Crippen LogP contribution is -2.18. The molecule has 7 nitrogen and oxygen atoms in total. The third-order valence-corrected chi connectivity index (χ3v) is 4.73. The molecule has 0 aromatic heterocycles. The summed E-state index contributed by atoms with van der Waals surface area (Å²) in [5, 5.41) is 14.1. The molecule has 0 bridgehead atoms. The van der Waals surface area contributed by atoms with Gasteiger partial charge in [-0.3, -0.25) is 14.9 Å². The number of carbonyl (C=O) groups excluding carboxylic acids is 1. The van der Waals surface area contributed by atoms with Crippen molar-refractivity contribution in [2.45, 2.75) is 32.8 Å². The van der Waals surface area contributed by atoms with E-state index in [1.165, 1.54) is 18.2 Å². The number of nitrogens with one attached hydrogen (secondary N) is 1. The average Bonchev–Trinajstić information content (AvgIpc) is 2.74. The molecule has 0 aliphatic carbocycles. The van der Waals surface area contributed by atoms with Crippen LogP contribution < -0.4 is 10.1 Å². The van der Waals surface area contributed by atoms with Crippen molar-refractivity contribution in [3.05, 3.63) is 94.0 Å². The van der Waals surface area contributed by atoms with Gasteiger partial charge in [-0.05, 0) is 34.7 Å². The Morgan fingerprint density at radius 3 is 2.31 bits per heavy atom. The van der Waals surface area contributed by atoms with E-state index in [9.17, 15) is 14.9 Å². The molecule has 32 heavy (non-hydrogen) atoms. The van der Waals surface area contributed by atoms with E-state index in [1.807, 2.05) is 42.5 Å². The van der Waals surface area contributed by atoms with Crippen molar-refractivity contribution in [3.63, 3.8) is 0 Å². The Bertz CT molecular complexity index is 1070. The summed E-state index contributed by atoms with van der Waals surface area (Å²) in [6.45, 7) is 6.47. The highest BCUT2D eigenvalue weighted by Gasteiger charge is 2.18. The highest BCUT2D eigenvalue weighted by molar-refractivity contribution is 5.92. The first-order valence-electron chi connectivity index (χ1n) is 10.2. The highest BCUT2D eigenvalue weighted by atomic mass is 16.6. The SMILES string of the molecule is CC(C)(C)c1ccc(Oc2cc(NC(=O)COCc3ccccc3)ccc2[N+](=O)[O-])cc1. The largest absolute Gasteiger partial charge is 0.450 e. The predicted molar refractivity (Wildman–Crippen MR) is 123 cm³/mol. The molecule has 3 aromatic rings. The summed E-state index contributed by atoms with van der Waals surface area (Å²) in [5.74, 6) is 0.146. The zero-order valence-corrected chi connectivity index (χ0v) is 18.3. The Morgan fingerprint density at radius 1 is 1.00 bits per heavy atom. The molecule has 0 atom stereocenters. The maximum Gasteiger partial charge on any atom is 0.311 e. The number of hydrogen-bond donors (Lipinski definition) is 1. The lowest BCUT2D eigenvalue weighted by Gasteiger charge is -2.19. The third-order valence-electron chi connectivity index (χ3n) is 4.73. The fraction of sp³-hybridized carbons (Fsp3) is 0.240. The molecule has 0 spiro atoms. The van der Waals surface area contributed by atoms with Gasteiger partial charge in [0.25, 0.3) is 0 Å². The normalized spacial score (nSPS) is 11.1. The van der Waals surface area contributed by atoms with E-state index >= 15 is 0 Å². The molecule has 0 heterocycles. The first-order chi connectivity index (χ1) is 15.2. The summed E-state index contributed by atoms with van der Waals surface area (Å²) in [6, 6.07) is 21.1. The number of rotatable bonds is 8. The van der Waals surface area contributed by atoms with Crippen molar-refractivity contribution < 1.29 is 19.2 Å². The van der Waals surface area contributed by atoms with E-state index in [1.54, 1.807) is 12.1 Å². The molecular formula is C25H26N2O5. The van der Waals surface area contributed by atoms with E-state index in [-0.39, 0.29) is 29.4 Å². The van der Waals surface area contributed by atoms with Crippen LogP contribution in [0.2, 0.25) is 0 Å². The van der Waals surface area contributed by atoms with Crippen LogP contribution in [-0.2, 0) is 21.6 Å². The van der Waals surface area contributed by atoms with Gasteiger partial charge in [-0.15, -0.1) is 0 Å². The van der Waals surface area contributed by atoms with Crippen LogP contribution in [0.3, 0.4) is 0 Å². The number of anilines is 1. The van der Waals surface area contributed by atoms with Crippen molar-refractivity contribution in [1.29, 1.82) is 0 Å². The van der Waals surface area contributed by atoms with Crippen molar-refractivity contribution in [3.8, 4) is 11.5 Å². The summed E-state index contributed by atoms with van der Waals surface area (Å²) >= 11 is 0. The van der Waals surface area contributed by atoms with E-state index < -0.39 is 4.92 Å². The van der Waals surface area contributed by atoms with Gasteiger partial charge in [0.2, 0.25) is 11.7 Å². The van der Waals surface area contributed by atoms with E-state index in [0.29, 0.717) is 18.0 Å². The molecule has 1 N–H and O–H groups in total. The van der Waals surface area contributed by atoms with Crippen LogP contribution >= 0.6 is 0 Å². The number of nitro groups is 1. The number of carbonyl (C=O) groups is 1. The van der Waals surface area contributed by atoms with Crippen LogP contribution in [0.15, 0.2) is 72.8 Å². The van der Waals surface area contributed by atoms with Crippen LogP contribution in [0.5, 0.6) is 11.5 Å². The van der Waals surface area contributed by atoms with Gasteiger partial charge in [-0.25, -0.2) is 0 Å². The van der Waals surface area contributed by atoms with Crippen LogP contribution in [0.1, 0.15) is 31.9 Å². The maximum absolute atomic E-state index is 12.2. The van der Waals surface area contributed by atoms with Crippen LogP contribution in [0.4, 0.5) is 11.4 Å². The molecule has 1 amide bonds. The van der Waals surface area contributed by atoms with Crippen molar-refractivity contribution >= 4 is 17.3 Å². The second-order valence-corrected chi connectivity index (χ2v) is 8.34. The number of amides is 1. The summed E-state index contributed by atoms with van der Waals surface area (Å²) in [5.41, 5.74) is 2.25. The number of ether oxygens (including phenoxy) is 2. The van der Waals surface area contributed by atoms with Crippen LogP contribution in [0.25, 0.3) is 0 Å². The standard InChI is InChI=1S/C25H26N2O5/c1-25(2,3)19-9-12-21(13-10-19)32-23-15-20(11-14-22(23)27(29)30)26-24(28)17-31-16-18-7-5-4-6-8-18/h4-15H,16-17H2,1-3H3,(H,26,28). The molecule has 0 aliphatic heterocycles. The smallest absolute Gasteiger partial charge is 0.311 e. The Balaban J connectivity index is 1.67. The fourth-order valence-corrected chi connectivity index (χ4v) is 3.01. The molecule has 0 saturated carbocycles. The minimum absolute atomic E-state index is 0.0166. The molecule has 0 fully saturated rings. The quantitative estimate of drug-likeness (QED) is 0.355. The molecule has 0 radical (unpaired) electrons. The predicted octanol–water partition coefficient (Wildman–Crippen LogP) is 5.84. The van der Waals surface area contributed by atoms with Crippen LogP contribution in [0, 0.1) is 10.1 Å². The summed E-state index contributed by atoms with van der Waals surface area (Å²) in [4.78, 5) is 23.1. The fourth-order valence-electron chi connectivity index (χ4n) is 3.01. The van der Waals surface area contributed by atoms with Crippen LogP contribution in [-0.4, -0.2) is 17.4 Å². The number of nitro benzene ring substituents is 1. The Hall–Kier alpha value is -3.71. The minimum atomic E-state index is -0.520. The minimum Gasteiger partial charge on any atom is -0.450 e. The molecule has 3 aromatic carbocycles. The molecule has 3 rings (SSSR count). The topological polar surface area (TPSA) is 90.7 Å². The lowest BCUT2D eigenvalue weighted by atomic mass is 9.87. The van der Waals surface area contributed by atoms with Gasteiger partial charge in [0, 0.05) is 17.8 Å². The number of hydrogen-bond acceptors (Lipinski definition) is 5. The first-order valence-corrected chi connectivity index (χ1v) is 10.2. The number of benzene rings is 3. The van der Waals surface area contributed by atoms with Gasteiger partial charge in [-0.2, -0.15) is 0 Å². The Kier molecular flexibility index (Phi) is 7.22. The van der Waals surface area contributed by atoms with E-state index in [4.69, 9.17) is 9.47 Å². The van der Waals surface area contributed by atoms with Gasteiger partial charge in [0.05, 0.1) is 11.5 Å². The van der Waals surface area contributed by atoms with E-state index in [0.717, 1.165) is 11.1 Å². The molecule has 0 aliphatic rings. The molecule has 7 heteroatoms. The van der Waals surface area contributed by atoms with Gasteiger partial charge >= 0.3 is 5.69 Å². The Morgan fingerprint density at radius 2 is 1.69 bits per heavy atom. The molecule has 0 saturated heterocycles. The second kappa shape index (κ2) is 10.1. The maximum atomic E-state index is 12.2. The van der Waals surface area contributed by atoms with Crippen molar-refractivity contribution in [2.24, 2.45) is 0 Å². The zero-order valence-electron chi connectivity index (χ0n) is 18.3. The molecule has 166 valence electrons. The van der Waals surface area contributed by atoms with Crippen molar-refractivity contribution in [2.75, 3.05) is 11.9 Å². The van der Waals surface area contributed by atoms with Crippen molar-refractivity contribution in [1.82, 2.24) is 0 Å². The van der Waals surface area contributed by atoms with Gasteiger partial charge in [0.1, 0.15) is 12.4 Å². The lowest BCUT2D eigenvalue weighted by molar-refractivity contribution is -0.385. The molecule has 0 unspecified atom stereocenters. The summed E-state index contributed by atoms with van der Waals surface area (Å²) in [7, 11) is 0. The van der Waals surface area contributed by atoms with Gasteiger partial charge in [-0.1, -0.05) is 63.2 Å². The number of nitrogens with zero attached hydrogens (tertiary/aromatic N) is 1. The first kappa shape index (κ1) is 23.0. The monoisotopic (exact) mass is 434 g/mol. The van der Waals surface area contributed by atoms with E-state index in [2.05, 4.69) is 26.1 Å². The van der Waals surface area contributed by atoms with Gasteiger partial charge < -0.3 is 14.8 Å². The third kappa shape index (κ3) is 6.39. The average molecular weight is 434 g/mol. The summed E-state index contributed by atoms with van der Waals surface area (Å²) in [6.07, 6.45) is 0. The second-order valence-electron chi connectivity index (χ2n) is 8.34.